The molecule has 0 aliphatic carbocycles. The molecule has 40 heavy (non-hydrogen) atoms. The van der Waals surface area contributed by atoms with E-state index in [0.717, 1.165) is 0 Å². The van der Waals surface area contributed by atoms with Gasteiger partial charge in [-0.2, -0.15) is 0 Å². The van der Waals surface area contributed by atoms with Gasteiger partial charge < -0.3 is 9.13 Å². The Hall–Kier alpha value is -4.64. The van der Waals surface area contributed by atoms with E-state index in [4.69, 9.17) is 0 Å². The highest BCUT2D eigenvalue weighted by Crippen LogP contribution is 2.48. The van der Waals surface area contributed by atoms with Crippen LogP contribution in [0, 0.1) is 0 Å². The van der Waals surface area contributed by atoms with Crippen molar-refractivity contribution in [3.8, 4) is 11.4 Å². The first-order chi connectivity index (χ1) is 19.8. The molecular weight excluding hydrogens is 525 g/mol. The normalized spacial score (nSPS) is 12.5. The zero-order valence-electron chi connectivity index (χ0n) is 21.3. The number of benzene rings is 6. The second-order valence-corrected chi connectivity index (χ2v) is 12.7. The summed E-state index contributed by atoms with van der Waals surface area (Å²) in [6, 6.07) is 44.8. The van der Waals surface area contributed by atoms with E-state index in [-0.39, 0.29) is 0 Å². The Labute approximate surface area is 236 Å². The zero-order chi connectivity index (χ0) is 25.9. The maximum absolute atomic E-state index is 2.49. The minimum Gasteiger partial charge on any atom is -0.309 e. The van der Waals surface area contributed by atoms with Gasteiger partial charge in [-0.1, -0.05) is 48.5 Å². The summed E-state index contributed by atoms with van der Waals surface area (Å²) >= 11 is 3.78. The summed E-state index contributed by atoms with van der Waals surface area (Å²) in [5.74, 6) is 0. The van der Waals surface area contributed by atoms with Crippen molar-refractivity contribution in [2.75, 3.05) is 0 Å². The van der Waals surface area contributed by atoms with E-state index in [9.17, 15) is 0 Å². The molecule has 0 saturated heterocycles. The first-order valence-electron chi connectivity index (χ1n) is 13.5. The van der Waals surface area contributed by atoms with Gasteiger partial charge in [0.1, 0.15) is 0 Å². The lowest BCUT2D eigenvalue weighted by atomic mass is 10.1. The fraction of sp³-hybridized carbons (Fsp3) is 0. The maximum Gasteiger partial charge on any atom is 0.0555 e. The molecule has 186 valence electrons. The molecule has 0 N–H and O–H groups in total. The molecule has 0 atom stereocenters. The molecule has 0 unspecified atom stereocenters. The van der Waals surface area contributed by atoms with Gasteiger partial charge in [0, 0.05) is 62.5 Å². The number of para-hydroxylation sites is 1. The van der Waals surface area contributed by atoms with E-state index in [1.165, 1.54) is 84.6 Å². The van der Waals surface area contributed by atoms with E-state index < -0.39 is 0 Å². The highest BCUT2D eigenvalue weighted by atomic mass is 32.1. The van der Waals surface area contributed by atoms with Crippen molar-refractivity contribution >= 4 is 95.9 Å². The van der Waals surface area contributed by atoms with Gasteiger partial charge in [-0.15, -0.1) is 22.7 Å². The lowest BCUT2D eigenvalue weighted by Gasteiger charge is -2.09. The summed E-state index contributed by atoms with van der Waals surface area (Å²) in [7, 11) is 0. The van der Waals surface area contributed by atoms with Gasteiger partial charge in [0.2, 0.25) is 0 Å². The van der Waals surface area contributed by atoms with Gasteiger partial charge >= 0.3 is 0 Å². The average molecular weight is 545 g/mol. The fourth-order valence-corrected chi connectivity index (χ4v) is 9.14. The predicted molar refractivity (Wildman–Crippen MR) is 175 cm³/mol. The number of thiophene rings is 1. The van der Waals surface area contributed by atoms with Crippen LogP contribution >= 0.6 is 22.7 Å². The number of hydrogen-bond donors (Lipinski definition) is 0. The van der Waals surface area contributed by atoms with Crippen LogP contribution in [-0.4, -0.2) is 9.13 Å². The molecule has 4 heterocycles. The third-order valence-corrected chi connectivity index (χ3v) is 10.8. The van der Waals surface area contributed by atoms with Gasteiger partial charge in [0.15, 0.2) is 0 Å². The average Bonchev–Trinajstić information content (AvgIpc) is 3.61. The lowest BCUT2D eigenvalue weighted by Crippen LogP contribution is -1.94. The minimum atomic E-state index is 1.20. The Morgan fingerprint density at radius 2 is 0.900 bits per heavy atom. The topological polar surface area (TPSA) is 9.86 Å². The van der Waals surface area contributed by atoms with Crippen LogP contribution in [0.2, 0.25) is 0 Å². The predicted octanol–water partition coefficient (Wildman–Crippen LogP) is 10.9. The molecule has 0 saturated carbocycles. The van der Waals surface area contributed by atoms with E-state index in [2.05, 4.69) is 130 Å². The molecule has 6 aromatic carbocycles. The Morgan fingerprint density at radius 3 is 1.62 bits per heavy atom. The first kappa shape index (κ1) is 21.2. The Bertz CT molecular complexity index is 2590. The summed E-state index contributed by atoms with van der Waals surface area (Å²) in [4.78, 5) is 0. The summed E-state index contributed by atoms with van der Waals surface area (Å²) in [6.45, 7) is 0. The molecule has 0 radical (unpaired) electrons. The third kappa shape index (κ3) is 2.58. The highest BCUT2D eigenvalue weighted by molar-refractivity contribution is 7.26. The van der Waals surface area contributed by atoms with E-state index >= 15 is 0 Å². The smallest absolute Gasteiger partial charge is 0.0555 e. The van der Waals surface area contributed by atoms with Crippen molar-refractivity contribution in [2.24, 2.45) is 0 Å². The molecule has 0 aliphatic rings. The zero-order valence-corrected chi connectivity index (χ0v) is 22.9. The number of nitrogens with zero attached hydrogens (tertiary/aromatic N) is 2. The molecule has 10 rings (SSSR count). The highest BCUT2D eigenvalue weighted by Gasteiger charge is 2.23. The van der Waals surface area contributed by atoms with Crippen LogP contribution in [0.15, 0.2) is 121 Å². The van der Waals surface area contributed by atoms with Gasteiger partial charge in [-0.25, -0.2) is 0 Å². The molecule has 10 aromatic rings. The van der Waals surface area contributed by atoms with Crippen LogP contribution in [0.3, 0.4) is 0 Å². The first-order valence-corrected chi connectivity index (χ1v) is 15.2. The monoisotopic (exact) mass is 544 g/mol. The Kier molecular flexibility index (Phi) is 3.98. The van der Waals surface area contributed by atoms with Gasteiger partial charge in [0.25, 0.3) is 0 Å². The van der Waals surface area contributed by atoms with Crippen molar-refractivity contribution in [1.82, 2.24) is 9.13 Å². The summed E-state index contributed by atoms with van der Waals surface area (Å²) in [6.07, 6.45) is 0. The summed E-state index contributed by atoms with van der Waals surface area (Å²) in [5.41, 5.74) is 7.46. The number of fused-ring (bicyclic) bond motifs is 3. The molecule has 0 aliphatic heterocycles. The molecule has 4 aromatic heterocycles. The lowest BCUT2D eigenvalue weighted by molar-refractivity contribution is 1.17. The number of aromatic nitrogens is 2. The summed E-state index contributed by atoms with van der Waals surface area (Å²) in [5, 5.41) is 8.08. The summed E-state index contributed by atoms with van der Waals surface area (Å²) < 4.78 is 10.2. The van der Waals surface area contributed by atoms with Crippen molar-refractivity contribution in [3.05, 3.63) is 121 Å². The fourth-order valence-electron chi connectivity index (χ4n) is 6.91. The van der Waals surface area contributed by atoms with Crippen LogP contribution < -0.4 is 0 Å². The quantitative estimate of drug-likeness (QED) is 0.205. The van der Waals surface area contributed by atoms with Crippen molar-refractivity contribution in [2.45, 2.75) is 0 Å². The second kappa shape index (κ2) is 7.51. The van der Waals surface area contributed by atoms with Crippen LogP contribution in [0.4, 0.5) is 0 Å². The van der Waals surface area contributed by atoms with Crippen LogP contribution in [0.5, 0.6) is 0 Å². The second-order valence-electron chi connectivity index (χ2n) is 10.5. The van der Waals surface area contributed by atoms with Gasteiger partial charge in [0.05, 0.1) is 22.1 Å². The van der Waals surface area contributed by atoms with E-state index in [1.54, 1.807) is 0 Å². The van der Waals surface area contributed by atoms with E-state index in [1.807, 2.05) is 22.7 Å². The van der Waals surface area contributed by atoms with Crippen molar-refractivity contribution in [1.29, 1.82) is 0 Å². The number of rotatable bonds is 2. The minimum absolute atomic E-state index is 1.20. The van der Waals surface area contributed by atoms with Crippen molar-refractivity contribution < 1.29 is 0 Å². The van der Waals surface area contributed by atoms with E-state index in [0.29, 0.717) is 0 Å². The van der Waals surface area contributed by atoms with Gasteiger partial charge in [-0.05, 0) is 72.8 Å². The molecule has 0 amide bonds. The molecule has 0 fully saturated rings. The SMILES string of the molecule is c1ccc(-n2c3cccc4sc5cccc6c5c5c(c43)c2ccc5n6-c2ccc3sc4ccccc4c3c2)cc1. The van der Waals surface area contributed by atoms with Gasteiger partial charge in [-0.3, -0.25) is 0 Å². The molecule has 2 nitrogen and oxygen atoms in total. The maximum atomic E-state index is 2.49. The van der Waals surface area contributed by atoms with Crippen LogP contribution in [-0.2, 0) is 0 Å². The molecular formula is C36H20N2S2. The molecule has 4 heteroatoms. The standard InChI is InChI=1S/C36H20N2S2/c1-2-8-21(9-3-1)37-25-11-6-14-31-33(25)35-27(37)17-18-28-36(35)34-26(12-7-15-32(34)40-31)38(28)22-16-19-30-24(20-22)23-10-4-5-13-29(23)39-30/h1-20H. The number of hydrogen-bond acceptors (Lipinski definition) is 2. The van der Waals surface area contributed by atoms with Crippen LogP contribution in [0.25, 0.3) is 84.6 Å². The molecule has 0 spiro atoms. The Morgan fingerprint density at radius 1 is 0.350 bits per heavy atom. The Balaban J connectivity index is 1.42. The van der Waals surface area contributed by atoms with Crippen molar-refractivity contribution in [3.63, 3.8) is 0 Å². The molecule has 0 bridgehead atoms. The largest absolute Gasteiger partial charge is 0.309 e. The third-order valence-electron chi connectivity index (χ3n) is 8.49. The van der Waals surface area contributed by atoms with Crippen LogP contribution in [0.1, 0.15) is 0 Å².